The Hall–Kier alpha value is -0.0900. The first-order valence-corrected chi connectivity index (χ1v) is 10.1. The van der Waals surface area contributed by atoms with Gasteiger partial charge in [-0.2, -0.15) is 0 Å². The van der Waals surface area contributed by atoms with E-state index in [1.54, 1.807) is 0 Å². The average molecular weight is 297 g/mol. The highest BCUT2D eigenvalue weighted by Gasteiger charge is 2.55. The second kappa shape index (κ2) is 4.45. The van der Waals surface area contributed by atoms with E-state index in [0.29, 0.717) is 11.2 Å². The average Bonchev–Trinajstić information content (AvgIpc) is 2.48. The number of nitrogens with one attached hydrogen (secondary N) is 1. The van der Waals surface area contributed by atoms with Crippen molar-refractivity contribution < 1.29 is 8.42 Å². The molecule has 4 heteroatoms. The zero-order chi connectivity index (χ0) is 14.0. The summed E-state index contributed by atoms with van der Waals surface area (Å²) in [7, 11) is -2.90. The Morgan fingerprint density at radius 1 is 1.00 bits per heavy atom. The molecule has 0 spiro atoms. The second-order valence-electron chi connectivity index (χ2n) is 8.22. The molecule has 1 N–H and O–H groups in total. The molecule has 4 saturated carbocycles. The van der Waals surface area contributed by atoms with Crippen LogP contribution >= 0.6 is 0 Å². The zero-order valence-corrected chi connectivity index (χ0v) is 13.3. The van der Waals surface area contributed by atoms with Gasteiger partial charge in [0.25, 0.3) is 0 Å². The Morgan fingerprint density at radius 3 is 2.10 bits per heavy atom. The summed E-state index contributed by atoms with van der Waals surface area (Å²) in [6.07, 6.45) is 8.94. The molecule has 3 nitrogen and oxygen atoms in total. The summed E-state index contributed by atoms with van der Waals surface area (Å²) < 4.78 is 24.9. The second-order valence-corrected chi connectivity index (χ2v) is 10.7. The van der Waals surface area contributed by atoms with Gasteiger partial charge < -0.3 is 5.32 Å². The monoisotopic (exact) mass is 297 g/mol. The minimum atomic E-state index is -2.90. The molecular weight excluding hydrogens is 270 g/mol. The molecule has 5 aliphatic rings. The molecule has 2 unspecified atom stereocenters. The van der Waals surface area contributed by atoms with Crippen molar-refractivity contribution in [3.05, 3.63) is 0 Å². The largest absolute Gasteiger partial charge is 0.312 e. The fourth-order valence-electron chi connectivity index (χ4n) is 6.09. The van der Waals surface area contributed by atoms with Crippen LogP contribution in [0.15, 0.2) is 0 Å². The van der Waals surface area contributed by atoms with Gasteiger partial charge in [0.1, 0.15) is 0 Å². The van der Waals surface area contributed by atoms with E-state index in [1.807, 2.05) is 6.92 Å². The third-order valence-electron chi connectivity index (χ3n) is 6.78. The highest BCUT2D eigenvalue weighted by atomic mass is 32.2. The third-order valence-corrected chi connectivity index (χ3v) is 9.04. The Labute approximate surface area is 122 Å². The van der Waals surface area contributed by atoms with Gasteiger partial charge in [0.2, 0.25) is 0 Å². The van der Waals surface area contributed by atoms with Crippen molar-refractivity contribution in [2.45, 2.75) is 63.2 Å². The Balaban J connectivity index is 1.63. The maximum absolute atomic E-state index is 12.5. The van der Waals surface area contributed by atoms with Gasteiger partial charge in [0.05, 0.1) is 11.0 Å². The van der Waals surface area contributed by atoms with Crippen LogP contribution < -0.4 is 5.32 Å². The van der Waals surface area contributed by atoms with Crippen LogP contribution in [0.1, 0.15) is 51.9 Å². The van der Waals surface area contributed by atoms with E-state index in [0.717, 1.165) is 30.7 Å². The molecule has 20 heavy (non-hydrogen) atoms. The molecular formula is C16H27NO2S. The molecule has 0 aromatic rings. The molecule has 0 aromatic carbocycles. The first-order chi connectivity index (χ1) is 9.47. The van der Waals surface area contributed by atoms with Gasteiger partial charge in [-0.05, 0) is 81.6 Å². The van der Waals surface area contributed by atoms with E-state index in [1.165, 1.54) is 38.5 Å². The summed E-state index contributed by atoms with van der Waals surface area (Å²) in [5.74, 6) is 3.07. The minimum Gasteiger partial charge on any atom is -0.312 e. The smallest absolute Gasteiger partial charge is 0.154 e. The Kier molecular flexibility index (Phi) is 3.02. The van der Waals surface area contributed by atoms with Gasteiger partial charge in [0.15, 0.2) is 9.84 Å². The lowest BCUT2D eigenvalue weighted by Gasteiger charge is -2.59. The Bertz CT molecular complexity index is 463. The summed E-state index contributed by atoms with van der Waals surface area (Å²) in [6.45, 7) is 2.77. The lowest BCUT2D eigenvalue weighted by atomic mass is 9.48. The maximum atomic E-state index is 12.5. The van der Waals surface area contributed by atoms with Crippen molar-refractivity contribution in [1.29, 1.82) is 0 Å². The van der Waals surface area contributed by atoms with Crippen molar-refractivity contribution >= 4 is 9.84 Å². The van der Waals surface area contributed by atoms with Crippen LogP contribution in [0, 0.1) is 23.2 Å². The lowest BCUT2D eigenvalue weighted by Crippen LogP contribution is -2.57. The molecule has 5 fully saturated rings. The number of rotatable bonds is 1. The highest BCUT2D eigenvalue weighted by molar-refractivity contribution is 7.92. The molecule has 2 atom stereocenters. The van der Waals surface area contributed by atoms with Crippen molar-refractivity contribution in [1.82, 2.24) is 5.32 Å². The number of hydrogen-bond acceptors (Lipinski definition) is 3. The van der Waals surface area contributed by atoms with Gasteiger partial charge >= 0.3 is 0 Å². The van der Waals surface area contributed by atoms with Gasteiger partial charge in [0, 0.05) is 6.04 Å². The van der Waals surface area contributed by atoms with E-state index >= 15 is 0 Å². The fourth-order valence-corrected chi connectivity index (χ4v) is 7.84. The summed E-state index contributed by atoms with van der Waals surface area (Å²) in [4.78, 5) is 0. The predicted molar refractivity (Wildman–Crippen MR) is 80.3 cm³/mol. The molecule has 1 aliphatic heterocycles. The lowest BCUT2D eigenvalue weighted by molar-refractivity contribution is -0.0693. The molecule has 0 radical (unpaired) electrons. The predicted octanol–water partition coefficient (Wildman–Crippen LogP) is 2.37. The zero-order valence-electron chi connectivity index (χ0n) is 12.5. The molecule has 4 aliphatic carbocycles. The van der Waals surface area contributed by atoms with Crippen LogP contribution in [0.2, 0.25) is 0 Å². The summed E-state index contributed by atoms with van der Waals surface area (Å²) >= 11 is 0. The molecule has 114 valence electrons. The van der Waals surface area contributed by atoms with Crippen molar-refractivity contribution in [2.75, 3.05) is 12.3 Å². The first kappa shape index (κ1) is 13.6. The number of hydrogen-bond donors (Lipinski definition) is 1. The number of sulfone groups is 1. The van der Waals surface area contributed by atoms with Crippen molar-refractivity contribution in [3.63, 3.8) is 0 Å². The maximum Gasteiger partial charge on any atom is 0.154 e. The highest BCUT2D eigenvalue weighted by Crippen LogP contribution is 2.61. The van der Waals surface area contributed by atoms with Crippen molar-refractivity contribution in [3.8, 4) is 0 Å². The van der Waals surface area contributed by atoms with Crippen molar-refractivity contribution in [2.24, 2.45) is 23.2 Å². The summed E-state index contributed by atoms with van der Waals surface area (Å²) in [5.41, 5.74) is 0.311. The topological polar surface area (TPSA) is 46.2 Å². The minimum absolute atomic E-state index is 0.158. The molecule has 5 rings (SSSR count). The van der Waals surface area contributed by atoms with Gasteiger partial charge in [-0.3, -0.25) is 0 Å². The van der Waals surface area contributed by atoms with E-state index < -0.39 is 9.84 Å². The van der Waals surface area contributed by atoms with Gasteiger partial charge in [-0.15, -0.1) is 0 Å². The van der Waals surface area contributed by atoms with Crippen LogP contribution in [0.25, 0.3) is 0 Å². The molecule has 4 bridgehead atoms. The van der Waals surface area contributed by atoms with Crippen LogP contribution in [0.4, 0.5) is 0 Å². The fraction of sp³-hybridized carbons (Fsp3) is 1.00. The molecule has 0 aromatic heterocycles. The van der Waals surface area contributed by atoms with Crippen LogP contribution in [-0.4, -0.2) is 32.0 Å². The van der Waals surface area contributed by atoms with E-state index in [4.69, 9.17) is 0 Å². The quantitative estimate of drug-likeness (QED) is 0.808. The van der Waals surface area contributed by atoms with Crippen LogP contribution in [0.3, 0.4) is 0 Å². The standard InChI is InChI=1S/C16H27NO2S/c1-11-2-3-17-15(10-20(11,18)19)16-7-12-4-13(8-16)6-14(5-12)9-16/h11-15,17H,2-10H2,1H3. The summed E-state index contributed by atoms with van der Waals surface area (Å²) in [6, 6.07) is 0.228. The van der Waals surface area contributed by atoms with Crippen LogP contribution in [0.5, 0.6) is 0 Å². The van der Waals surface area contributed by atoms with E-state index in [2.05, 4.69) is 5.32 Å². The van der Waals surface area contributed by atoms with E-state index in [-0.39, 0.29) is 11.3 Å². The normalized spacial score (nSPS) is 53.8. The molecule has 0 amide bonds. The first-order valence-electron chi connectivity index (χ1n) is 8.42. The Morgan fingerprint density at radius 2 is 1.55 bits per heavy atom. The third kappa shape index (κ3) is 2.06. The molecule has 1 heterocycles. The summed E-state index contributed by atoms with van der Waals surface area (Å²) in [5, 5.41) is 3.49. The SMILES string of the molecule is CC1CCNC(C23CC4CC(CC(C4)C2)C3)CS1(=O)=O. The molecule has 1 saturated heterocycles. The van der Waals surface area contributed by atoms with Crippen LogP contribution in [-0.2, 0) is 9.84 Å². The van der Waals surface area contributed by atoms with Gasteiger partial charge in [-0.25, -0.2) is 8.42 Å². The van der Waals surface area contributed by atoms with E-state index in [9.17, 15) is 8.42 Å². The van der Waals surface area contributed by atoms with Gasteiger partial charge in [-0.1, -0.05) is 0 Å².